The topological polar surface area (TPSA) is 83.8 Å². The number of aromatic amines is 1. The Balaban J connectivity index is 1.79. The number of hydrogen-bond acceptors (Lipinski definition) is 3. The van der Waals surface area contributed by atoms with E-state index in [9.17, 15) is 4.79 Å². The second kappa shape index (κ2) is 5.31. The summed E-state index contributed by atoms with van der Waals surface area (Å²) in [5.74, 6) is 0.539. The fourth-order valence-electron chi connectivity index (χ4n) is 2.30. The van der Waals surface area contributed by atoms with E-state index in [1.165, 1.54) is 0 Å². The Hall–Kier alpha value is -1.36. The van der Waals surface area contributed by atoms with Gasteiger partial charge in [-0.15, -0.1) is 0 Å². The van der Waals surface area contributed by atoms with Gasteiger partial charge in [0.05, 0.1) is 11.8 Å². The van der Waals surface area contributed by atoms with Crippen molar-refractivity contribution in [3.05, 3.63) is 17.5 Å². The Labute approximate surface area is 101 Å². The lowest BCUT2D eigenvalue weighted by Gasteiger charge is -2.26. The lowest BCUT2D eigenvalue weighted by atomic mass is 9.86. The summed E-state index contributed by atoms with van der Waals surface area (Å²) in [6.45, 7) is 2.59. The fourth-order valence-corrected chi connectivity index (χ4v) is 2.30. The molecule has 1 aliphatic carbocycles. The Morgan fingerprint density at radius 2 is 2.24 bits per heavy atom. The van der Waals surface area contributed by atoms with Crippen LogP contribution in [0.2, 0.25) is 0 Å². The maximum atomic E-state index is 11.8. The van der Waals surface area contributed by atoms with E-state index in [0.29, 0.717) is 17.5 Å². The molecule has 1 aromatic rings. The average molecular weight is 236 g/mol. The van der Waals surface area contributed by atoms with E-state index in [-0.39, 0.29) is 5.91 Å². The molecule has 0 saturated heterocycles. The van der Waals surface area contributed by atoms with Gasteiger partial charge in [0, 0.05) is 18.3 Å². The fraction of sp³-hybridized carbons (Fsp3) is 0.667. The molecule has 2 rings (SSSR count). The molecule has 1 saturated carbocycles. The largest absolute Gasteiger partial charge is 0.352 e. The maximum Gasteiger partial charge on any atom is 0.254 e. The third-order valence-electron chi connectivity index (χ3n) is 3.52. The molecule has 0 bridgehead atoms. The van der Waals surface area contributed by atoms with Gasteiger partial charge >= 0.3 is 0 Å². The van der Waals surface area contributed by atoms with Crippen LogP contribution in [-0.4, -0.2) is 28.7 Å². The van der Waals surface area contributed by atoms with Crippen molar-refractivity contribution in [2.45, 2.75) is 38.6 Å². The zero-order valence-electron chi connectivity index (χ0n) is 10.2. The summed E-state index contributed by atoms with van der Waals surface area (Å²) in [5.41, 5.74) is 7.30. The predicted octanol–water partition coefficient (Wildman–Crippen LogP) is 0.965. The van der Waals surface area contributed by atoms with Gasteiger partial charge < -0.3 is 11.1 Å². The molecule has 0 aromatic carbocycles. The van der Waals surface area contributed by atoms with Gasteiger partial charge in [0.25, 0.3) is 5.91 Å². The Morgan fingerprint density at radius 3 is 2.82 bits per heavy atom. The molecule has 0 spiro atoms. The van der Waals surface area contributed by atoms with E-state index in [1.54, 1.807) is 6.20 Å². The van der Waals surface area contributed by atoms with Crippen LogP contribution in [0.25, 0.3) is 0 Å². The molecule has 0 radical (unpaired) electrons. The molecule has 17 heavy (non-hydrogen) atoms. The first-order chi connectivity index (χ1) is 8.16. The first-order valence-corrected chi connectivity index (χ1v) is 6.20. The Morgan fingerprint density at radius 1 is 1.53 bits per heavy atom. The predicted molar refractivity (Wildman–Crippen MR) is 65.6 cm³/mol. The standard InChI is InChI=1S/C12H20N4O/c1-8-11(7-15-16-8)12(17)14-6-9-2-4-10(13)5-3-9/h7,9-10H,2-6,13H2,1H3,(H,14,17)(H,15,16). The summed E-state index contributed by atoms with van der Waals surface area (Å²) in [6.07, 6.45) is 5.95. The van der Waals surface area contributed by atoms with E-state index in [4.69, 9.17) is 5.73 Å². The second-order valence-electron chi connectivity index (χ2n) is 4.90. The lowest BCUT2D eigenvalue weighted by Crippen LogP contribution is -2.34. The number of rotatable bonds is 3. The van der Waals surface area contributed by atoms with Gasteiger partial charge in [0.1, 0.15) is 0 Å². The molecule has 1 aromatic heterocycles. The van der Waals surface area contributed by atoms with E-state index in [2.05, 4.69) is 15.5 Å². The van der Waals surface area contributed by atoms with Crippen molar-refractivity contribution in [2.24, 2.45) is 11.7 Å². The molecule has 1 fully saturated rings. The molecule has 1 heterocycles. The first kappa shape index (κ1) is 12.1. The van der Waals surface area contributed by atoms with E-state index in [1.807, 2.05) is 6.92 Å². The van der Waals surface area contributed by atoms with Crippen LogP contribution < -0.4 is 11.1 Å². The number of carbonyl (C=O) groups is 1. The summed E-state index contributed by atoms with van der Waals surface area (Å²) in [6, 6.07) is 0.359. The van der Waals surface area contributed by atoms with Crippen LogP contribution in [0, 0.1) is 12.8 Å². The van der Waals surface area contributed by atoms with E-state index >= 15 is 0 Å². The molecule has 94 valence electrons. The lowest BCUT2D eigenvalue weighted by molar-refractivity contribution is 0.0942. The molecular formula is C12H20N4O. The van der Waals surface area contributed by atoms with Crippen molar-refractivity contribution in [2.75, 3.05) is 6.54 Å². The van der Waals surface area contributed by atoms with Crippen LogP contribution in [0.1, 0.15) is 41.7 Å². The van der Waals surface area contributed by atoms with Gasteiger partial charge in [-0.3, -0.25) is 9.89 Å². The smallest absolute Gasteiger partial charge is 0.254 e. The second-order valence-corrected chi connectivity index (χ2v) is 4.90. The molecule has 1 aliphatic rings. The van der Waals surface area contributed by atoms with Crippen LogP contribution in [0.5, 0.6) is 0 Å². The number of carbonyl (C=O) groups excluding carboxylic acids is 1. The zero-order valence-corrected chi connectivity index (χ0v) is 10.2. The minimum absolute atomic E-state index is 0.0360. The minimum atomic E-state index is -0.0360. The molecule has 5 heteroatoms. The highest BCUT2D eigenvalue weighted by Crippen LogP contribution is 2.22. The molecule has 1 amide bonds. The number of nitrogens with two attached hydrogens (primary N) is 1. The summed E-state index contributed by atoms with van der Waals surface area (Å²) in [5, 5.41) is 9.58. The average Bonchev–Trinajstić information content (AvgIpc) is 2.74. The number of nitrogens with zero attached hydrogens (tertiary/aromatic N) is 1. The summed E-state index contributed by atoms with van der Waals surface area (Å²) in [7, 11) is 0. The maximum absolute atomic E-state index is 11.8. The van der Waals surface area contributed by atoms with Gasteiger partial charge in [-0.25, -0.2) is 0 Å². The van der Waals surface area contributed by atoms with Crippen LogP contribution in [0.15, 0.2) is 6.20 Å². The summed E-state index contributed by atoms with van der Waals surface area (Å²) < 4.78 is 0. The van der Waals surface area contributed by atoms with E-state index < -0.39 is 0 Å². The van der Waals surface area contributed by atoms with Crippen molar-refractivity contribution in [3.63, 3.8) is 0 Å². The monoisotopic (exact) mass is 236 g/mol. The number of hydrogen-bond donors (Lipinski definition) is 3. The highest BCUT2D eigenvalue weighted by atomic mass is 16.1. The first-order valence-electron chi connectivity index (χ1n) is 6.20. The molecule has 5 nitrogen and oxygen atoms in total. The summed E-state index contributed by atoms with van der Waals surface area (Å²) in [4.78, 5) is 11.8. The quantitative estimate of drug-likeness (QED) is 0.731. The molecule has 0 atom stereocenters. The van der Waals surface area contributed by atoms with Crippen molar-refractivity contribution >= 4 is 5.91 Å². The van der Waals surface area contributed by atoms with E-state index in [0.717, 1.165) is 37.9 Å². The zero-order chi connectivity index (χ0) is 12.3. The minimum Gasteiger partial charge on any atom is -0.352 e. The van der Waals surface area contributed by atoms with Crippen molar-refractivity contribution in [3.8, 4) is 0 Å². The molecule has 0 aliphatic heterocycles. The molecular weight excluding hydrogens is 216 g/mol. The highest BCUT2D eigenvalue weighted by Gasteiger charge is 2.19. The number of H-pyrrole nitrogens is 1. The van der Waals surface area contributed by atoms with Crippen LogP contribution in [-0.2, 0) is 0 Å². The van der Waals surface area contributed by atoms with Crippen LogP contribution >= 0.6 is 0 Å². The highest BCUT2D eigenvalue weighted by molar-refractivity contribution is 5.94. The van der Waals surface area contributed by atoms with Gasteiger partial charge in [0.15, 0.2) is 0 Å². The number of amides is 1. The van der Waals surface area contributed by atoms with Gasteiger partial charge in [-0.2, -0.15) is 5.10 Å². The summed E-state index contributed by atoms with van der Waals surface area (Å²) >= 11 is 0. The third kappa shape index (κ3) is 3.06. The van der Waals surface area contributed by atoms with Crippen molar-refractivity contribution < 1.29 is 4.79 Å². The number of aromatic nitrogens is 2. The Bertz CT molecular complexity index is 380. The van der Waals surface area contributed by atoms with Crippen LogP contribution in [0.3, 0.4) is 0 Å². The van der Waals surface area contributed by atoms with Gasteiger partial charge in [-0.1, -0.05) is 0 Å². The van der Waals surface area contributed by atoms with Crippen LogP contribution in [0.4, 0.5) is 0 Å². The normalized spacial score (nSPS) is 24.6. The van der Waals surface area contributed by atoms with Crippen molar-refractivity contribution in [1.29, 1.82) is 0 Å². The SMILES string of the molecule is Cc1[nH]ncc1C(=O)NCC1CCC(N)CC1. The van der Waals surface area contributed by atoms with Gasteiger partial charge in [0.2, 0.25) is 0 Å². The number of aryl methyl sites for hydroxylation is 1. The molecule has 4 N–H and O–H groups in total. The third-order valence-corrected chi connectivity index (χ3v) is 3.52. The van der Waals surface area contributed by atoms with Crippen molar-refractivity contribution in [1.82, 2.24) is 15.5 Å². The molecule has 0 unspecified atom stereocenters. The Kier molecular flexibility index (Phi) is 3.78. The number of nitrogens with one attached hydrogen (secondary N) is 2. The van der Waals surface area contributed by atoms with Gasteiger partial charge in [-0.05, 0) is 38.5 Å².